The molecule has 1 rings (SSSR count). The van der Waals surface area contributed by atoms with Crippen LogP contribution in [0.15, 0.2) is 18.2 Å². The third-order valence-corrected chi connectivity index (χ3v) is 3.70. The molecule has 2 atom stereocenters. The number of aldehydes is 1. The normalized spacial score (nSPS) is 13.3. The van der Waals surface area contributed by atoms with Gasteiger partial charge in [-0.3, -0.25) is 4.79 Å². The number of hydrogen-bond acceptors (Lipinski definition) is 5. The van der Waals surface area contributed by atoms with E-state index in [1.807, 2.05) is 25.1 Å². The maximum absolute atomic E-state index is 10.9. The predicted molar refractivity (Wildman–Crippen MR) is 88.4 cm³/mol. The second kappa shape index (κ2) is 8.38. The highest BCUT2D eigenvalue weighted by Gasteiger charge is 2.21. The van der Waals surface area contributed by atoms with Gasteiger partial charge >= 0.3 is 5.97 Å². The third-order valence-electron chi connectivity index (χ3n) is 3.70. The highest BCUT2D eigenvalue weighted by Crippen LogP contribution is 2.23. The number of nitrogens with one attached hydrogen (secondary N) is 1. The summed E-state index contributed by atoms with van der Waals surface area (Å²) in [5.41, 5.74) is 8.57. The molecule has 0 aromatic heterocycles. The van der Waals surface area contributed by atoms with Gasteiger partial charge in [-0.25, -0.2) is 0 Å². The second-order valence-corrected chi connectivity index (χ2v) is 5.23. The Morgan fingerprint density at radius 1 is 1.41 bits per heavy atom. The number of rotatable bonds is 9. The van der Waals surface area contributed by atoms with Gasteiger partial charge in [-0.1, -0.05) is 0 Å². The van der Waals surface area contributed by atoms with Gasteiger partial charge in [0.1, 0.15) is 6.29 Å². The van der Waals surface area contributed by atoms with Crippen LogP contribution in [0.2, 0.25) is 0 Å². The SMILES string of the molecule is CCN(CC)c1ccc(NC(CC(=O)O)[C@H](N)C=O)c(C)c1. The minimum Gasteiger partial charge on any atom is -0.481 e. The Bertz CT molecular complexity index is 515. The smallest absolute Gasteiger partial charge is 0.305 e. The van der Waals surface area contributed by atoms with Gasteiger partial charge in [0, 0.05) is 24.5 Å². The minimum absolute atomic E-state index is 0.211. The number of benzene rings is 1. The van der Waals surface area contributed by atoms with Crippen LogP contribution in [-0.2, 0) is 9.59 Å². The molecule has 4 N–H and O–H groups in total. The zero-order valence-electron chi connectivity index (χ0n) is 13.4. The van der Waals surface area contributed by atoms with E-state index in [2.05, 4.69) is 24.1 Å². The molecule has 122 valence electrons. The Balaban J connectivity index is 2.95. The van der Waals surface area contributed by atoms with E-state index in [4.69, 9.17) is 10.8 Å². The van der Waals surface area contributed by atoms with Gasteiger partial charge < -0.3 is 25.9 Å². The van der Waals surface area contributed by atoms with Crippen LogP contribution in [0, 0.1) is 6.92 Å². The zero-order chi connectivity index (χ0) is 16.7. The number of carbonyl (C=O) groups excluding carboxylic acids is 1. The first-order chi connectivity index (χ1) is 10.4. The number of nitrogens with two attached hydrogens (primary N) is 1. The average Bonchev–Trinajstić information content (AvgIpc) is 2.49. The standard InChI is InChI=1S/C16H25N3O3/c1-4-19(5-2)12-6-7-14(11(3)8-12)18-15(9-16(21)22)13(17)10-20/h6-8,10,13,15,18H,4-5,9,17H2,1-3H3,(H,21,22)/t13-,15?/m1/s1. The van der Waals surface area contributed by atoms with E-state index in [1.54, 1.807) is 0 Å². The minimum atomic E-state index is -0.993. The summed E-state index contributed by atoms with van der Waals surface area (Å²) in [5.74, 6) is -0.993. The summed E-state index contributed by atoms with van der Waals surface area (Å²) >= 11 is 0. The van der Waals surface area contributed by atoms with Gasteiger partial charge in [-0.15, -0.1) is 0 Å². The van der Waals surface area contributed by atoms with E-state index in [9.17, 15) is 9.59 Å². The highest BCUT2D eigenvalue weighted by molar-refractivity contribution is 5.72. The summed E-state index contributed by atoms with van der Waals surface area (Å²) in [4.78, 5) is 24.0. The van der Waals surface area contributed by atoms with E-state index in [0.717, 1.165) is 30.0 Å². The fraction of sp³-hybridized carbons (Fsp3) is 0.500. The van der Waals surface area contributed by atoms with Crippen LogP contribution in [-0.4, -0.2) is 42.5 Å². The number of aliphatic carboxylic acids is 1. The quantitative estimate of drug-likeness (QED) is 0.600. The molecule has 22 heavy (non-hydrogen) atoms. The molecule has 0 saturated carbocycles. The van der Waals surface area contributed by atoms with Crippen molar-refractivity contribution in [2.75, 3.05) is 23.3 Å². The van der Waals surface area contributed by atoms with Crippen molar-refractivity contribution in [1.82, 2.24) is 0 Å². The largest absolute Gasteiger partial charge is 0.481 e. The maximum Gasteiger partial charge on any atom is 0.305 e. The Kier molecular flexibility index (Phi) is 6.85. The molecule has 1 aromatic rings. The molecule has 0 amide bonds. The number of carboxylic acids is 1. The summed E-state index contributed by atoms with van der Waals surface area (Å²) < 4.78 is 0. The fourth-order valence-corrected chi connectivity index (χ4v) is 2.36. The van der Waals surface area contributed by atoms with Crippen LogP contribution in [0.3, 0.4) is 0 Å². The van der Waals surface area contributed by atoms with Gasteiger partial charge in [-0.05, 0) is 44.5 Å². The summed E-state index contributed by atoms with van der Waals surface area (Å²) in [6, 6.07) is 4.42. The molecule has 0 heterocycles. The highest BCUT2D eigenvalue weighted by atomic mass is 16.4. The third kappa shape index (κ3) is 4.73. The molecule has 1 aromatic carbocycles. The molecular formula is C16H25N3O3. The first-order valence-corrected chi connectivity index (χ1v) is 7.47. The lowest BCUT2D eigenvalue weighted by Crippen LogP contribution is -2.43. The average molecular weight is 307 g/mol. The van der Waals surface area contributed by atoms with Crippen LogP contribution in [0.1, 0.15) is 25.8 Å². The number of carbonyl (C=O) groups is 2. The molecule has 0 saturated heterocycles. The Hall–Kier alpha value is -2.08. The van der Waals surface area contributed by atoms with Crippen molar-refractivity contribution >= 4 is 23.6 Å². The number of hydrogen-bond donors (Lipinski definition) is 3. The molecule has 0 aliphatic carbocycles. The summed E-state index contributed by atoms with van der Waals surface area (Å²) in [7, 11) is 0. The second-order valence-electron chi connectivity index (χ2n) is 5.23. The fourth-order valence-electron chi connectivity index (χ4n) is 2.36. The van der Waals surface area contributed by atoms with E-state index in [1.165, 1.54) is 0 Å². The van der Waals surface area contributed by atoms with E-state index in [0.29, 0.717) is 6.29 Å². The molecule has 0 fully saturated rings. The van der Waals surface area contributed by atoms with Crippen LogP contribution in [0.4, 0.5) is 11.4 Å². The summed E-state index contributed by atoms with van der Waals surface area (Å²) in [6.07, 6.45) is 0.358. The molecule has 6 nitrogen and oxygen atoms in total. The lowest BCUT2D eigenvalue weighted by Gasteiger charge is -2.25. The van der Waals surface area contributed by atoms with Crippen LogP contribution in [0.25, 0.3) is 0 Å². The lowest BCUT2D eigenvalue weighted by atomic mass is 10.0. The molecule has 0 spiro atoms. The van der Waals surface area contributed by atoms with Crippen LogP contribution >= 0.6 is 0 Å². The molecule has 0 bridgehead atoms. The lowest BCUT2D eigenvalue weighted by molar-refractivity contribution is -0.137. The Morgan fingerprint density at radius 3 is 2.50 bits per heavy atom. The summed E-state index contributed by atoms with van der Waals surface area (Å²) in [5, 5.41) is 12.0. The van der Waals surface area contributed by atoms with E-state index in [-0.39, 0.29) is 6.42 Å². The first-order valence-electron chi connectivity index (χ1n) is 7.47. The molecule has 6 heteroatoms. The maximum atomic E-state index is 10.9. The first kappa shape index (κ1) is 18.0. The molecular weight excluding hydrogens is 282 g/mol. The van der Waals surface area contributed by atoms with Gasteiger partial charge in [0.25, 0.3) is 0 Å². The molecule has 1 unspecified atom stereocenters. The van der Waals surface area contributed by atoms with Gasteiger partial charge in [0.05, 0.1) is 18.5 Å². The number of aryl methyl sites for hydroxylation is 1. The number of carboxylic acid groups (broad SMARTS) is 1. The van der Waals surface area contributed by atoms with Crippen molar-refractivity contribution in [3.8, 4) is 0 Å². The van der Waals surface area contributed by atoms with Crippen molar-refractivity contribution in [1.29, 1.82) is 0 Å². The Labute approximate surface area is 131 Å². The van der Waals surface area contributed by atoms with Gasteiger partial charge in [0.2, 0.25) is 0 Å². The monoisotopic (exact) mass is 307 g/mol. The molecule has 0 aliphatic rings. The van der Waals surface area contributed by atoms with Crippen molar-refractivity contribution in [2.45, 2.75) is 39.3 Å². The van der Waals surface area contributed by atoms with Crippen molar-refractivity contribution in [3.05, 3.63) is 23.8 Å². The van der Waals surface area contributed by atoms with Crippen molar-refractivity contribution in [3.63, 3.8) is 0 Å². The number of nitrogens with zero attached hydrogens (tertiary/aromatic N) is 1. The summed E-state index contributed by atoms with van der Waals surface area (Å²) in [6.45, 7) is 7.97. The van der Waals surface area contributed by atoms with Gasteiger partial charge in [0.15, 0.2) is 0 Å². The van der Waals surface area contributed by atoms with Crippen molar-refractivity contribution < 1.29 is 14.7 Å². The van der Waals surface area contributed by atoms with Crippen LogP contribution in [0.5, 0.6) is 0 Å². The zero-order valence-corrected chi connectivity index (χ0v) is 13.4. The molecule has 0 aliphatic heterocycles. The van der Waals surface area contributed by atoms with E-state index < -0.39 is 18.1 Å². The number of anilines is 2. The topological polar surface area (TPSA) is 95.7 Å². The predicted octanol–water partition coefficient (Wildman–Crippen LogP) is 1.62. The van der Waals surface area contributed by atoms with Gasteiger partial charge in [-0.2, -0.15) is 0 Å². The van der Waals surface area contributed by atoms with Crippen LogP contribution < -0.4 is 16.0 Å². The van der Waals surface area contributed by atoms with Crippen molar-refractivity contribution in [2.24, 2.45) is 5.73 Å². The Morgan fingerprint density at radius 2 is 2.05 bits per heavy atom. The molecule has 0 radical (unpaired) electrons. The van der Waals surface area contributed by atoms with E-state index >= 15 is 0 Å².